The molecule has 4 aliphatic heterocycles. The molecule has 4 fully saturated rings. The normalized spacial score (nSPS) is 26.8. The molecule has 0 radical (unpaired) electrons. The Bertz CT molecular complexity index is 3410. The Labute approximate surface area is 580 Å². The number of fused-ring (bicyclic) bond motifs is 4. The summed E-state index contributed by atoms with van der Waals surface area (Å²) in [5, 5.41) is 41.1. The van der Waals surface area contributed by atoms with Crippen LogP contribution in [-0.4, -0.2) is 152 Å². The molecule has 12 rings (SSSR count). The smallest absolute Gasteiger partial charge is 0.419 e. The Morgan fingerprint density at radius 3 is 0.823 bits per heavy atom. The average molecular weight is 1490 g/mol. The van der Waals surface area contributed by atoms with Gasteiger partial charge in [-0.1, -0.05) is 282 Å². The topological polar surface area (TPSA) is 210 Å². The molecule has 0 aliphatic carbocycles. The van der Waals surface area contributed by atoms with Gasteiger partial charge < -0.3 is 78.3 Å². The number of aliphatic hydroxyl groups excluding tert-OH is 4. The number of rotatable bonds is 26. The predicted molar refractivity (Wildman–Crippen MR) is 398 cm³/mol. The minimum Gasteiger partial charge on any atom is -0.419 e. The molecule has 4 N–H and O–H groups in total. The van der Waals surface area contributed by atoms with E-state index in [9.17, 15) is 10.2 Å². The van der Waals surface area contributed by atoms with Gasteiger partial charge in [0.15, 0.2) is 8.32 Å². The fourth-order valence-corrected chi connectivity index (χ4v) is 62.4. The van der Waals surface area contributed by atoms with Crippen LogP contribution in [0.25, 0.3) is 0 Å². The van der Waals surface area contributed by atoms with Crippen LogP contribution < -0.4 is 41.5 Å². The summed E-state index contributed by atoms with van der Waals surface area (Å²) in [5.41, 5.74) is 0. The molecule has 0 spiro atoms. The van der Waals surface area contributed by atoms with Crippen molar-refractivity contribution in [1.82, 2.24) is 0 Å². The molecule has 4 atom stereocenters. The van der Waals surface area contributed by atoms with E-state index in [4.69, 9.17) is 68.1 Å². The Morgan fingerprint density at radius 2 is 0.562 bits per heavy atom. The molecule has 0 amide bonds. The van der Waals surface area contributed by atoms with E-state index in [0.29, 0.717) is 80.0 Å². The van der Waals surface area contributed by atoms with Gasteiger partial charge in [0.1, 0.15) is 19.5 Å². The summed E-state index contributed by atoms with van der Waals surface area (Å²) in [4.78, 5) is 0. The van der Waals surface area contributed by atoms with E-state index in [-0.39, 0.29) is 19.8 Å². The maximum Gasteiger partial charge on any atom is 0.522 e. The van der Waals surface area contributed by atoms with Crippen LogP contribution >= 0.6 is 0 Å². The Balaban J connectivity index is 0.00000101. The van der Waals surface area contributed by atoms with E-state index in [1.54, 1.807) is 0 Å². The lowest BCUT2D eigenvalue weighted by atomic mass is 10.3. The van der Waals surface area contributed by atoms with E-state index in [1.807, 2.05) is 256 Å². The van der Waals surface area contributed by atoms with Crippen molar-refractivity contribution >= 4 is 140 Å². The average Bonchev–Trinajstić information content (AvgIpc) is 0.689. The van der Waals surface area contributed by atoms with Crippen LogP contribution in [-0.2, 0) is 57.9 Å². The molecule has 0 aromatic heterocycles. The zero-order chi connectivity index (χ0) is 67.9. The van der Waals surface area contributed by atoms with Crippen molar-refractivity contribution in [3.63, 3.8) is 0 Å². The van der Waals surface area contributed by atoms with Gasteiger partial charge in [-0.15, -0.1) is 0 Å². The molecule has 29 heteroatoms. The van der Waals surface area contributed by atoms with Crippen LogP contribution in [0.2, 0.25) is 32.2 Å². The number of hydrogen-bond donors (Lipinski definition) is 4. The first-order valence-electron chi connectivity index (χ1n) is 33.2. The van der Waals surface area contributed by atoms with Gasteiger partial charge in [-0.3, -0.25) is 0 Å². The highest BCUT2D eigenvalue weighted by Crippen LogP contribution is 2.43. The Hall–Kier alpha value is -4.57. The first-order chi connectivity index (χ1) is 46.7. The van der Waals surface area contributed by atoms with Crippen molar-refractivity contribution in [3.8, 4) is 0 Å². The summed E-state index contributed by atoms with van der Waals surface area (Å²) < 4.78 is 116. The van der Waals surface area contributed by atoms with Crippen LogP contribution in [0.3, 0.4) is 0 Å². The highest BCUT2D eigenvalue weighted by molar-refractivity contribution is 7.10. The van der Waals surface area contributed by atoms with Crippen LogP contribution in [0.1, 0.15) is 58.8 Å². The highest BCUT2D eigenvalue weighted by atomic mass is 28.6. The number of aliphatic hydroxyl groups is 4. The predicted octanol–water partition coefficient (Wildman–Crippen LogP) is 5.21. The zero-order valence-electron chi connectivity index (χ0n) is 55.7. The number of hydrogen-bond acceptors (Lipinski definition) is 18. The third kappa shape index (κ3) is 17.9. The molecule has 4 saturated heterocycles. The fourth-order valence-electron chi connectivity index (χ4n) is 11.0. The number of benzene rings is 8. The van der Waals surface area contributed by atoms with Crippen molar-refractivity contribution < 1.29 is 78.3 Å². The van der Waals surface area contributed by atoms with Gasteiger partial charge in [0.2, 0.25) is 0 Å². The molecule has 96 heavy (non-hydrogen) atoms. The summed E-state index contributed by atoms with van der Waals surface area (Å²) in [6.45, 7) is 12.9. The zero-order valence-corrected chi connectivity index (χ0v) is 67.5. The van der Waals surface area contributed by atoms with Gasteiger partial charge in [-0.05, 0) is 51.2 Å². The lowest BCUT2D eigenvalue weighted by Crippen LogP contribution is -2.90. The SMILES string of the molecule is CCCCO.CCCCO.C[SiH2]O[Si]1(c2ccccc2)O[Si]2(c3ccccc3)O[Si](OCCCCO)(c3ccccc3)O[Si](c3ccccc3)(O1)O[Si]1(c3ccccc3)O[Si](O[SiH2]C)(c3ccccc3)O[Si](c3ccccc3)(O[Si](O[Si](C)(C)CCCO)(c3ccccc3)O1)O2. The molecular weight excluding hydrogens is 1400 g/mol. The fraction of sp³-hybridized carbons (Fsp3) is 0.284. The molecule has 4 aliphatic rings. The summed E-state index contributed by atoms with van der Waals surface area (Å²) in [6, 6.07) is 77.3. The first kappa shape index (κ1) is 75.6. The van der Waals surface area contributed by atoms with Gasteiger partial charge in [-0.25, -0.2) is 0 Å². The molecule has 4 unspecified atom stereocenters. The van der Waals surface area contributed by atoms with Crippen molar-refractivity contribution in [3.05, 3.63) is 243 Å². The van der Waals surface area contributed by atoms with Crippen LogP contribution in [0.5, 0.6) is 0 Å². The van der Waals surface area contributed by atoms with E-state index in [1.165, 1.54) is 0 Å². The molecule has 0 saturated carbocycles. The number of unbranched alkanes of at least 4 members (excludes halogenated alkanes) is 3. The summed E-state index contributed by atoms with van der Waals surface area (Å²) in [7, 11) is -46.5. The van der Waals surface area contributed by atoms with Crippen LogP contribution in [0.15, 0.2) is 243 Å². The second kappa shape index (κ2) is 35.6. The molecule has 4 bridgehead atoms. The molecule has 8 aromatic rings. The Kier molecular flexibility index (Phi) is 28.1. The monoisotopic (exact) mass is 1490 g/mol. The summed E-state index contributed by atoms with van der Waals surface area (Å²) in [5.74, 6) is 0. The molecular formula is C67H92O18Si11. The lowest BCUT2D eigenvalue weighted by Gasteiger charge is -2.57. The van der Waals surface area contributed by atoms with Crippen molar-refractivity contribution in [2.24, 2.45) is 0 Å². The highest BCUT2D eigenvalue weighted by Gasteiger charge is 2.80. The molecule has 512 valence electrons. The van der Waals surface area contributed by atoms with E-state index < -0.39 is 98.3 Å². The van der Waals surface area contributed by atoms with Gasteiger partial charge in [-0.2, -0.15) is 0 Å². The Morgan fingerprint density at radius 1 is 0.312 bits per heavy atom. The third-order valence-electron chi connectivity index (χ3n) is 15.6. The van der Waals surface area contributed by atoms with Crippen LogP contribution in [0.4, 0.5) is 0 Å². The minimum absolute atomic E-state index is 0.0484. The van der Waals surface area contributed by atoms with Crippen LogP contribution in [0, 0.1) is 0 Å². The van der Waals surface area contributed by atoms with Gasteiger partial charge >= 0.3 is 70.4 Å². The molecule has 18 nitrogen and oxygen atoms in total. The van der Waals surface area contributed by atoms with E-state index in [0.717, 1.165) is 25.7 Å². The minimum atomic E-state index is -5.24. The van der Waals surface area contributed by atoms with Gasteiger partial charge in [0.25, 0.3) is 0 Å². The van der Waals surface area contributed by atoms with Gasteiger partial charge in [0, 0.05) is 74.5 Å². The standard InChI is InChI=1S/C59H72O16Si11.2C4H10O/c1-76-63-80(53-34-15-6-16-35-53)68-83(56-40-21-9-22-41-56)66-79(62-50-30-29-48-60,52-32-13-5-14-33-52)67-84(69-80,57-42-23-10-24-43-57)75-86(59-46-27-12-28-47-59)71-81(64-77-2,54-36-17-7-18-37-54)70-85(74-83,58-44-25-11-26-45-58)72-82(73-86,55-38-19-8-20-39-55)65-78(3,4)51-31-49-61;2*1-2-3-4-5/h5-28,32-47,60-61H,29-31,48-51,76-77H2,1-4H3;2*5H,2-4H2,1H3. The third-order valence-corrected chi connectivity index (χ3v) is 56.2. The lowest BCUT2D eigenvalue weighted by molar-refractivity contribution is 0.0391. The van der Waals surface area contributed by atoms with Gasteiger partial charge in [0.05, 0.1) is 0 Å². The largest absolute Gasteiger partial charge is 0.522 e. The maximum atomic E-state index is 10.6. The molecule has 8 aromatic carbocycles. The quantitative estimate of drug-likeness (QED) is 0.0405. The van der Waals surface area contributed by atoms with E-state index in [2.05, 4.69) is 26.9 Å². The molecule has 4 heterocycles. The van der Waals surface area contributed by atoms with E-state index >= 15 is 0 Å². The summed E-state index contributed by atoms with van der Waals surface area (Å²) in [6.07, 6.45) is 5.34. The van der Waals surface area contributed by atoms with Crippen molar-refractivity contribution in [2.75, 3.05) is 33.0 Å². The first-order valence-corrected chi connectivity index (χ1v) is 54.1. The second-order valence-corrected chi connectivity index (χ2v) is 53.7. The van der Waals surface area contributed by atoms with Crippen molar-refractivity contribution in [2.45, 2.75) is 91.0 Å². The maximum absolute atomic E-state index is 10.6. The second-order valence-electron chi connectivity index (χ2n) is 23.4. The van der Waals surface area contributed by atoms with Crippen molar-refractivity contribution in [1.29, 1.82) is 0 Å². The summed E-state index contributed by atoms with van der Waals surface area (Å²) >= 11 is 0.